The summed E-state index contributed by atoms with van der Waals surface area (Å²) < 4.78 is 0. The van der Waals surface area contributed by atoms with Crippen LogP contribution in [0.1, 0.15) is 32.6 Å². The van der Waals surface area contributed by atoms with E-state index in [0.717, 1.165) is 13.1 Å². The highest BCUT2D eigenvalue weighted by Crippen LogP contribution is 2.29. The van der Waals surface area contributed by atoms with Gasteiger partial charge in [-0.05, 0) is 40.8 Å². The van der Waals surface area contributed by atoms with Gasteiger partial charge < -0.3 is 5.32 Å². The molecule has 0 fully saturated rings. The molecule has 1 atom stereocenters. The van der Waals surface area contributed by atoms with Gasteiger partial charge in [-0.2, -0.15) is 0 Å². The van der Waals surface area contributed by atoms with Crippen LogP contribution in [0.4, 0.5) is 0 Å². The van der Waals surface area contributed by atoms with Gasteiger partial charge in [0.05, 0.1) is 0 Å². The lowest BCUT2D eigenvalue weighted by atomic mass is 9.82. The summed E-state index contributed by atoms with van der Waals surface area (Å²) in [7, 11) is 0. The van der Waals surface area contributed by atoms with Gasteiger partial charge in [-0.3, -0.25) is 0 Å². The van der Waals surface area contributed by atoms with Gasteiger partial charge in [-0.1, -0.05) is 33.8 Å². The van der Waals surface area contributed by atoms with Gasteiger partial charge in [-0.25, -0.2) is 0 Å². The van der Waals surface area contributed by atoms with Crippen molar-refractivity contribution < 1.29 is 0 Å². The topological polar surface area (TPSA) is 12.0 Å². The Morgan fingerprint density at radius 1 is 1.26 bits per heavy atom. The minimum Gasteiger partial charge on any atom is -0.312 e. The first kappa shape index (κ1) is 14.8. The number of hydrogen-bond donors (Lipinski definition) is 1. The van der Waals surface area contributed by atoms with E-state index in [9.17, 15) is 0 Å². The second kappa shape index (κ2) is 6.21. The van der Waals surface area contributed by atoms with Gasteiger partial charge in [0.1, 0.15) is 0 Å². The van der Waals surface area contributed by atoms with E-state index in [2.05, 4.69) is 62.0 Å². The zero-order valence-electron chi connectivity index (χ0n) is 12.2. The molecule has 3 heteroatoms. The molecule has 0 aromatic carbocycles. The Hall–Kier alpha value is -0.640. The molecule has 0 saturated carbocycles. The Labute approximate surface area is 124 Å². The molecule has 2 aromatic rings. The third-order valence-corrected chi connectivity index (χ3v) is 5.54. The summed E-state index contributed by atoms with van der Waals surface area (Å²) in [5, 5.41) is 7.98. The van der Waals surface area contributed by atoms with Gasteiger partial charge in [0.25, 0.3) is 0 Å². The molecule has 1 nitrogen and oxygen atoms in total. The smallest absolute Gasteiger partial charge is 0.0351 e. The van der Waals surface area contributed by atoms with Crippen LogP contribution < -0.4 is 5.32 Å². The molecule has 0 saturated heterocycles. The maximum atomic E-state index is 3.58. The highest BCUT2D eigenvalue weighted by atomic mass is 32.1. The summed E-state index contributed by atoms with van der Waals surface area (Å²) in [4.78, 5) is 2.79. The van der Waals surface area contributed by atoms with Crippen LogP contribution in [-0.4, -0.2) is 6.54 Å². The molecule has 19 heavy (non-hydrogen) atoms. The van der Waals surface area contributed by atoms with E-state index in [1.165, 1.54) is 15.3 Å². The molecule has 2 aromatic heterocycles. The van der Waals surface area contributed by atoms with E-state index in [-0.39, 0.29) is 0 Å². The zero-order valence-corrected chi connectivity index (χ0v) is 13.8. The van der Waals surface area contributed by atoms with Crippen LogP contribution in [0.2, 0.25) is 0 Å². The number of nitrogens with one attached hydrogen (secondary N) is 1. The number of rotatable bonds is 5. The predicted molar refractivity (Wildman–Crippen MR) is 88.0 cm³/mol. The average Bonchev–Trinajstić information content (AvgIpc) is 2.97. The lowest BCUT2D eigenvalue weighted by Gasteiger charge is -2.27. The molecule has 2 heterocycles. The van der Waals surface area contributed by atoms with Crippen molar-refractivity contribution in [2.75, 3.05) is 6.54 Å². The third-order valence-electron chi connectivity index (χ3n) is 3.69. The van der Waals surface area contributed by atoms with E-state index >= 15 is 0 Å². The Kier molecular flexibility index (Phi) is 4.82. The fraction of sp³-hybridized carbons (Fsp3) is 0.500. The highest BCUT2D eigenvalue weighted by Gasteiger charge is 2.19. The molecule has 1 unspecified atom stereocenters. The summed E-state index contributed by atoms with van der Waals surface area (Å²) in [6.45, 7) is 11.3. The molecule has 1 N–H and O–H groups in total. The van der Waals surface area contributed by atoms with Gasteiger partial charge >= 0.3 is 0 Å². The SMILES string of the molecule is CC(CNCc1cc(-c2cccs2)cs1)C(C)(C)C. The lowest BCUT2D eigenvalue weighted by molar-refractivity contribution is 0.253. The van der Waals surface area contributed by atoms with Crippen LogP contribution in [-0.2, 0) is 6.54 Å². The quantitative estimate of drug-likeness (QED) is 0.794. The predicted octanol–water partition coefficient (Wildman–Crippen LogP) is 5.25. The fourth-order valence-corrected chi connectivity index (χ4v) is 3.41. The van der Waals surface area contributed by atoms with Gasteiger partial charge in [0.2, 0.25) is 0 Å². The molecule has 0 aliphatic rings. The van der Waals surface area contributed by atoms with Crippen molar-refractivity contribution >= 4 is 22.7 Å². The second-order valence-corrected chi connectivity index (χ2v) is 8.12. The van der Waals surface area contributed by atoms with Crippen molar-refractivity contribution in [2.24, 2.45) is 11.3 Å². The third kappa shape index (κ3) is 4.16. The number of thiophene rings is 2. The summed E-state index contributed by atoms with van der Waals surface area (Å²) in [5.74, 6) is 0.684. The first-order chi connectivity index (χ1) is 8.97. The van der Waals surface area contributed by atoms with Crippen LogP contribution in [0.15, 0.2) is 29.0 Å². The Morgan fingerprint density at radius 2 is 2.05 bits per heavy atom. The summed E-state index contributed by atoms with van der Waals surface area (Å²) in [5.41, 5.74) is 1.74. The second-order valence-electron chi connectivity index (χ2n) is 6.18. The number of hydrogen-bond acceptors (Lipinski definition) is 3. The molecule has 0 amide bonds. The largest absolute Gasteiger partial charge is 0.312 e. The van der Waals surface area contributed by atoms with Crippen LogP contribution in [0.3, 0.4) is 0 Å². The van der Waals surface area contributed by atoms with E-state index in [0.29, 0.717) is 11.3 Å². The summed E-state index contributed by atoms with van der Waals surface area (Å²) >= 11 is 3.66. The Balaban J connectivity index is 1.85. The minimum atomic E-state index is 0.380. The molecule has 0 radical (unpaired) electrons. The van der Waals surface area contributed by atoms with E-state index in [4.69, 9.17) is 0 Å². The van der Waals surface area contributed by atoms with E-state index in [1.807, 2.05) is 22.7 Å². The first-order valence-electron chi connectivity index (χ1n) is 6.79. The summed E-state index contributed by atoms with van der Waals surface area (Å²) in [6, 6.07) is 6.61. The maximum Gasteiger partial charge on any atom is 0.0351 e. The lowest BCUT2D eigenvalue weighted by Crippen LogP contribution is -2.29. The normalized spacial score (nSPS) is 13.7. The molecular weight excluding hydrogens is 270 g/mol. The average molecular weight is 294 g/mol. The van der Waals surface area contributed by atoms with Gasteiger partial charge in [0, 0.05) is 21.9 Å². The van der Waals surface area contributed by atoms with Crippen molar-refractivity contribution in [3.63, 3.8) is 0 Å². The van der Waals surface area contributed by atoms with Crippen molar-refractivity contribution in [3.8, 4) is 10.4 Å². The molecule has 0 bridgehead atoms. The van der Waals surface area contributed by atoms with E-state index < -0.39 is 0 Å². The van der Waals surface area contributed by atoms with Crippen LogP contribution >= 0.6 is 22.7 Å². The van der Waals surface area contributed by atoms with Crippen molar-refractivity contribution in [1.82, 2.24) is 5.32 Å². The first-order valence-corrected chi connectivity index (χ1v) is 8.55. The molecular formula is C16H23NS2. The van der Waals surface area contributed by atoms with Crippen LogP contribution in [0, 0.1) is 11.3 Å². The van der Waals surface area contributed by atoms with Crippen molar-refractivity contribution in [3.05, 3.63) is 33.8 Å². The molecule has 2 rings (SSSR count). The molecule has 104 valence electrons. The van der Waals surface area contributed by atoms with Crippen molar-refractivity contribution in [1.29, 1.82) is 0 Å². The monoisotopic (exact) mass is 293 g/mol. The fourth-order valence-electron chi connectivity index (χ4n) is 1.76. The van der Waals surface area contributed by atoms with Crippen LogP contribution in [0.5, 0.6) is 0 Å². The standard InChI is InChI=1S/C16H23NS2/c1-12(16(2,3)4)9-17-10-14-8-13(11-19-14)15-6-5-7-18-15/h5-8,11-12,17H,9-10H2,1-4H3. The van der Waals surface area contributed by atoms with Gasteiger partial charge in [-0.15, -0.1) is 22.7 Å². The minimum absolute atomic E-state index is 0.380. The molecule has 0 aliphatic heterocycles. The van der Waals surface area contributed by atoms with Gasteiger partial charge in [0.15, 0.2) is 0 Å². The highest BCUT2D eigenvalue weighted by molar-refractivity contribution is 7.14. The Bertz CT molecular complexity index is 491. The van der Waals surface area contributed by atoms with Crippen molar-refractivity contribution in [2.45, 2.75) is 34.2 Å². The molecule has 0 spiro atoms. The zero-order chi connectivity index (χ0) is 13.9. The summed E-state index contributed by atoms with van der Waals surface area (Å²) in [6.07, 6.45) is 0. The van der Waals surface area contributed by atoms with E-state index in [1.54, 1.807) is 0 Å². The Morgan fingerprint density at radius 3 is 2.68 bits per heavy atom. The molecule has 0 aliphatic carbocycles. The maximum absolute atomic E-state index is 3.58. The van der Waals surface area contributed by atoms with Crippen LogP contribution in [0.25, 0.3) is 10.4 Å².